The van der Waals surface area contributed by atoms with Gasteiger partial charge >= 0.3 is 0 Å². The van der Waals surface area contributed by atoms with Crippen LogP contribution < -0.4 is 0 Å². The summed E-state index contributed by atoms with van der Waals surface area (Å²) in [6.45, 7) is 3.18. The Labute approximate surface area is 165 Å². The molecule has 7 heteroatoms. The van der Waals surface area contributed by atoms with Crippen molar-refractivity contribution < 1.29 is 0 Å². The zero-order valence-electron chi connectivity index (χ0n) is 13.5. The predicted octanol–water partition coefficient (Wildman–Crippen LogP) is 5.95. The number of hydrogen-bond acceptors (Lipinski definition) is 5. The number of benzene rings is 1. The van der Waals surface area contributed by atoms with E-state index in [-0.39, 0.29) is 0 Å². The number of piperidine rings is 1. The van der Waals surface area contributed by atoms with Gasteiger partial charge in [-0.3, -0.25) is 4.90 Å². The summed E-state index contributed by atoms with van der Waals surface area (Å²) in [5, 5.41) is 7.75. The second-order valence-corrected chi connectivity index (χ2v) is 8.86. The summed E-state index contributed by atoms with van der Waals surface area (Å²) in [6, 6.07) is 5.69. The van der Waals surface area contributed by atoms with Gasteiger partial charge in [-0.25, -0.2) is 9.97 Å². The summed E-state index contributed by atoms with van der Waals surface area (Å²) in [7, 11) is 0. The average Bonchev–Trinajstić information content (AvgIpc) is 3.30. The monoisotopic (exact) mass is 409 g/mol. The van der Waals surface area contributed by atoms with E-state index in [2.05, 4.69) is 15.3 Å². The first-order valence-corrected chi connectivity index (χ1v) is 10.7. The first-order chi connectivity index (χ1) is 12.2. The third kappa shape index (κ3) is 4.07. The van der Waals surface area contributed by atoms with Crippen molar-refractivity contribution in [3.63, 3.8) is 0 Å². The van der Waals surface area contributed by atoms with Gasteiger partial charge in [0.15, 0.2) is 0 Å². The van der Waals surface area contributed by atoms with Crippen molar-refractivity contribution in [1.82, 2.24) is 14.9 Å². The minimum absolute atomic E-state index is 0.550. The van der Waals surface area contributed by atoms with Crippen molar-refractivity contribution in [2.24, 2.45) is 0 Å². The fourth-order valence-corrected chi connectivity index (χ4v) is 5.08. The van der Waals surface area contributed by atoms with Crippen molar-refractivity contribution in [2.75, 3.05) is 13.1 Å². The van der Waals surface area contributed by atoms with Gasteiger partial charge in [0, 0.05) is 28.4 Å². The molecule has 1 aromatic carbocycles. The molecule has 0 N–H and O–H groups in total. The fraction of sp³-hybridized carbons (Fsp3) is 0.333. The van der Waals surface area contributed by atoms with Crippen LogP contribution in [0.4, 0.5) is 0 Å². The highest BCUT2D eigenvalue weighted by atomic mass is 35.5. The Balaban J connectivity index is 1.40. The van der Waals surface area contributed by atoms with Crippen LogP contribution in [0.3, 0.4) is 0 Å². The fourth-order valence-electron chi connectivity index (χ4n) is 3.12. The van der Waals surface area contributed by atoms with E-state index in [4.69, 9.17) is 28.2 Å². The molecular weight excluding hydrogens is 393 g/mol. The van der Waals surface area contributed by atoms with E-state index in [9.17, 15) is 0 Å². The molecule has 3 heterocycles. The van der Waals surface area contributed by atoms with E-state index in [0.717, 1.165) is 43.7 Å². The maximum Gasteiger partial charge on any atom is 0.107 e. The van der Waals surface area contributed by atoms with E-state index in [1.165, 1.54) is 10.0 Å². The van der Waals surface area contributed by atoms with Crippen LogP contribution in [0.15, 0.2) is 35.2 Å². The highest BCUT2D eigenvalue weighted by Crippen LogP contribution is 2.34. The number of halogens is 2. The van der Waals surface area contributed by atoms with E-state index in [1.807, 2.05) is 29.8 Å². The molecule has 0 saturated carbocycles. The van der Waals surface area contributed by atoms with Crippen LogP contribution in [0.5, 0.6) is 0 Å². The molecule has 130 valence electrons. The lowest BCUT2D eigenvalue weighted by Gasteiger charge is -2.30. The van der Waals surface area contributed by atoms with Crippen molar-refractivity contribution >= 4 is 45.9 Å². The van der Waals surface area contributed by atoms with Gasteiger partial charge in [-0.15, -0.1) is 22.7 Å². The largest absolute Gasteiger partial charge is 0.297 e. The maximum absolute atomic E-state index is 6.13. The van der Waals surface area contributed by atoms with Crippen molar-refractivity contribution in [2.45, 2.75) is 25.3 Å². The van der Waals surface area contributed by atoms with Gasteiger partial charge < -0.3 is 0 Å². The molecule has 0 bridgehead atoms. The van der Waals surface area contributed by atoms with E-state index >= 15 is 0 Å². The minimum atomic E-state index is 0.550. The summed E-state index contributed by atoms with van der Waals surface area (Å²) in [5.41, 5.74) is 2.02. The lowest BCUT2D eigenvalue weighted by molar-refractivity contribution is 0.204. The van der Waals surface area contributed by atoms with Crippen LogP contribution >= 0.6 is 45.9 Å². The predicted molar refractivity (Wildman–Crippen MR) is 107 cm³/mol. The highest BCUT2D eigenvalue weighted by molar-refractivity contribution is 7.10. The Kier molecular flexibility index (Phi) is 5.39. The van der Waals surface area contributed by atoms with Gasteiger partial charge in [0.05, 0.1) is 27.3 Å². The van der Waals surface area contributed by atoms with Gasteiger partial charge in [0.1, 0.15) is 5.01 Å². The van der Waals surface area contributed by atoms with Crippen LogP contribution in [0.2, 0.25) is 10.0 Å². The lowest BCUT2D eigenvalue weighted by atomic mass is 9.97. The summed E-state index contributed by atoms with van der Waals surface area (Å²) in [5.74, 6) is 0.550. The lowest BCUT2D eigenvalue weighted by Crippen LogP contribution is -2.32. The smallest absolute Gasteiger partial charge is 0.107 e. The zero-order valence-corrected chi connectivity index (χ0v) is 16.6. The second-order valence-electron chi connectivity index (χ2n) is 6.18. The zero-order chi connectivity index (χ0) is 17.2. The molecule has 2 aromatic heterocycles. The molecule has 0 aliphatic carbocycles. The number of likely N-dealkylation sites (tertiary alicyclic amines) is 1. The van der Waals surface area contributed by atoms with Gasteiger partial charge in [-0.1, -0.05) is 29.3 Å². The molecule has 0 spiro atoms. The molecule has 3 nitrogen and oxygen atoms in total. The standard InChI is InChI=1S/C18H17Cl2N3S2/c19-14-2-1-13(9-15(14)20)16-11-25-18(22-16)12-3-6-23(7-4-12)10-17-21-5-8-24-17/h1-2,5,8-9,11-12H,3-4,6-7,10H2. The first-order valence-electron chi connectivity index (χ1n) is 8.20. The molecule has 0 unspecified atom stereocenters. The summed E-state index contributed by atoms with van der Waals surface area (Å²) in [4.78, 5) is 11.7. The summed E-state index contributed by atoms with van der Waals surface area (Å²) < 4.78 is 0. The Bertz CT molecular complexity index is 840. The molecule has 0 radical (unpaired) electrons. The third-order valence-electron chi connectivity index (χ3n) is 4.52. The van der Waals surface area contributed by atoms with Crippen LogP contribution in [0.1, 0.15) is 28.8 Å². The minimum Gasteiger partial charge on any atom is -0.297 e. The molecule has 1 aliphatic rings. The molecule has 0 atom stereocenters. The third-order valence-corrected chi connectivity index (χ3v) is 7.03. The summed E-state index contributed by atoms with van der Waals surface area (Å²) in [6.07, 6.45) is 4.19. The number of aromatic nitrogens is 2. The maximum atomic E-state index is 6.13. The topological polar surface area (TPSA) is 29.0 Å². The highest BCUT2D eigenvalue weighted by Gasteiger charge is 2.23. The first kappa shape index (κ1) is 17.4. The molecule has 4 rings (SSSR count). The van der Waals surface area contributed by atoms with Crippen LogP contribution in [-0.4, -0.2) is 28.0 Å². The van der Waals surface area contributed by atoms with E-state index in [1.54, 1.807) is 22.7 Å². The Morgan fingerprint density at radius 3 is 2.68 bits per heavy atom. The summed E-state index contributed by atoms with van der Waals surface area (Å²) >= 11 is 15.6. The van der Waals surface area contributed by atoms with Gasteiger partial charge in [0.2, 0.25) is 0 Å². The molecular formula is C18H17Cl2N3S2. The normalized spacial score (nSPS) is 16.4. The molecule has 0 amide bonds. The quantitative estimate of drug-likeness (QED) is 0.532. The number of nitrogens with zero attached hydrogens (tertiary/aromatic N) is 3. The number of thiazole rings is 2. The Hall–Kier alpha value is -0.980. The van der Waals surface area contributed by atoms with Gasteiger partial charge in [-0.05, 0) is 38.1 Å². The molecule has 1 saturated heterocycles. The van der Waals surface area contributed by atoms with Crippen molar-refractivity contribution in [3.8, 4) is 11.3 Å². The molecule has 1 aliphatic heterocycles. The Morgan fingerprint density at radius 1 is 1.12 bits per heavy atom. The number of hydrogen-bond donors (Lipinski definition) is 0. The SMILES string of the molecule is Clc1ccc(-c2csc(C3CCN(Cc4nccs4)CC3)n2)cc1Cl. The average molecular weight is 410 g/mol. The van der Waals surface area contributed by atoms with Gasteiger partial charge in [-0.2, -0.15) is 0 Å². The van der Waals surface area contributed by atoms with Crippen LogP contribution in [0, 0.1) is 0 Å². The van der Waals surface area contributed by atoms with Crippen LogP contribution in [0.25, 0.3) is 11.3 Å². The van der Waals surface area contributed by atoms with E-state index in [0.29, 0.717) is 16.0 Å². The van der Waals surface area contributed by atoms with E-state index < -0.39 is 0 Å². The second kappa shape index (κ2) is 7.72. The van der Waals surface area contributed by atoms with Gasteiger partial charge in [0.25, 0.3) is 0 Å². The Morgan fingerprint density at radius 2 is 1.96 bits per heavy atom. The molecule has 25 heavy (non-hydrogen) atoms. The van der Waals surface area contributed by atoms with Crippen LogP contribution in [-0.2, 0) is 6.54 Å². The van der Waals surface area contributed by atoms with Crippen molar-refractivity contribution in [1.29, 1.82) is 0 Å². The molecule has 1 fully saturated rings. The number of rotatable bonds is 4. The van der Waals surface area contributed by atoms with Crippen molar-refractivity contribution in [3.05, 3.63) is 55.2 Å². The molecule has 3 aromatic rings.